The van der Waals surface area contributed by atoms with E-state index in [0.717, 1.165) is 25.7 Å². The first-order chi connectivity index (χ1) is 9.15. The van der Waals surface area contributed by atoms with Crippen molar-refractivity contribution in [3.8, 4) is 0 Å². The average Bonchev–Trinajstić information content (AvgIpc) is 3.17. The van der Waals surface area contributed by atoms with Crippen LogP contribution in [-0.4, -0.2) is 25.8 Å². The molecule has 0 bridgehead atoms. The van der Waals surface area contributed by atoms with Crippen molar-refractivity contribution in [3.05, 3.63) is 35.4 Å². The van der Waals surface area contributed by atoms with Gasteiger partial charge in [-0.2, -0.15) is 0 Å². The monoisotopic (exact) mass is 261 g/mol. The molecule has 1 aromatic rings. The molecule has 1 unspecified atom stereocenters. The van der Waals surface area contributed by atoms with Gasteiger partial charge >= 0.3 is 0 Å². The lowest BCUT2D eigenvalue weighted by molar-refractivity contribution is 0.110. The van der Waals surface area contributed by atoms with Crippen LogP contribution in [0.15, 0.2) is 24.3 Å². The molecule has 19 heavy (non-hydrogen) atoms. The molecule has 1 fully saturated rings. The maximum Gasteiger partial charge on any atom is 0.0547 e. The lowest BCUT2D eigenvalue weighted by Gasteiger charge is -2.20. The molecule has 1 saturated carbocycles. The van der Waals surface area contributed by atoms with Crippen LogP contribution in [0.1, 0.15) is 43.7 Å². The summed E-state index contributed by atoms with van der Waals surface area (Å²) < 4.78 is 5.91. The summed E-state index contributed by atoms with van der Waals surface area (Å²) in [5, 5.41) is 3.54. The predicted octanol–water partition coefficient (Wildman–Crippen LogP) is 3.50. The minimum Gasteiger partial charge on any atom is -0.380 e. The Labute approximate surface area is 117 Å². The molecule has 2 rings (SSSR count). The van der Waals surface area contributed by atoms with Crippen LogP contribution >= 0.6 is 0 Å². The van der Waals surface area contributed by atoms with E-state index in [-0.39, 0.29) is 0 Å². The Hall–Kier alpha value is -0.860. The molecule has 2 nitrogen and oxygen atoms in total. The van der Waals surface area contributed by atoms with E-state index in [2.05, 4.69) is 50.4 Å². The van der Waals surface area contributed by atoms with Gasteiger partial charge in [0, 0.05) is 25.1 Å². The summed E-state index contributed by atoms with van der Waals surface area (Å²) in [4.78, 5) is 0. The summed E-state index contributed by atoms with van der Waals surface area (Å²) in [6.07, 6.45) is 2.72. The second kappa shape index (κ2) is 7.06. The van der Waals surface area contributed by atoms with Gasteiger partial charge in [-0.1, -0.05) is 43.7 Å². The van der Waals surface area contributed by atoms with Gasteiger partial charge in [0.05, 0.1) is 6.61 Å². The molecular formula is C17H27NO. The molecule has 2 heteroatoms. The zero-order valence-corrected chi connectivity index (χ0v) is 12.5. The molecule has 106 valence electrons. The predicted molar refractivity (Wildman–Crippen MR) is 80.6 cm³/mol. The number of benzene rings is 1. The number of hydrogen-bond acceptors (Lipinski definition) is 2. The summed E-state index contributed by atoms with van der Waals surface area (Å²) in [6.45, 7) is 9.31. The van der Waals surface area contributed by atoms with E-state index in [1.54, 1.807) is 0 Å². The van der Waals surface area contributed by atoms with Crippen molar-refractivity contribution in [2.75, 3.05) is 19.8 Å². The van der Waals surface area contributed by atoms with Gasteiger partial charge in [-0.15, -0.1) is 0 Å². The van der Waals surface area contributed by atoms with Crippen molar-refractivity contribution in [1.29, 1.82) is 0 Å². The Morgan fingerprint density at radius 2 is 2.11 bits per heavy atom. The zero-order chi connectivity index (χ0) is 13.7. The third-order valence-electron chi connectivity index (χ3n) is 3.66. The van der Waals surface area contributed by atoms with Crippen molar-refractivity contribution in [2.45, 2.75) is 45.6 Å². The van der Waals surface area contributed by atoms with Gasteiger partial charge in [-0.05, 0) is 31.2 Å². The second-order valence-corrected chi connectivity index (χ2v) is 6.15. The fourth-order valence-electron chi connectivity index (χ4n) is 2.24. The number of hydrogen-bond donors (Lipinski definition) is 1. The largest absolute Gasteiger partial charge is 0.380 e. The lowest BCUT2D eigenvalue weighted by Crippen LogP contribution is -2.30. The molecular weight excluding hydrogens is 234 g/mol. The van der Waals surface area contributed by atoms with Gasteiger partial charge in [-0.25, -0.2) is 0 Å². The van der Waals surface area contributed by atoms with Crippen LogP contribution in [0.5, 0.6) is 0 Å². The van der Waals surface area contributed by atoms with Gasteiger partial charge in [0.1, 0.15) is 0 Å². The van der Waals surface area contributed by atoms with Gasteiger partial charge in [0.2, 0.25) is 0 Å². The Balaban J connectivity index is 1.91. The van der Waals surface area contributed by atoms with Crippen LogP contribution < -0.4 is 5.32 Å². The molecule has 0 heterocycles. The topological polar surface area (TPSA) is 21.3 Å². The van der Waals surface area contributed by atoms with E-state index in [9.17, 15) is 0 Å². The van der Waals surface area contributed by atoms with Gasteiger partial charge < -0.3 is 10.1 Å². The highest BCUT2D eigenvalue weighted by atomic mass is 16.5. The SMILES string of the molecule is Cc1cccc(C(CNC(C)C)COCC2CC2)c1. The normalized spacial score (nSPS) is 16.8. The number of nitrogens with one attached hydrogen (secondary N) is 1. The third-order valence-corrected chi connectivity index (χ3v) is 3.66. The van der Waals surface area contributed by atoms with Crippen molar-refractivity contribution in [2.24, 2.45) is 5.92 Å². The molecule has 0 aliphatic heterocycles. The van der Waals surface area contributed by atoms with Crippen LogP contribution in [-0.2, 0) is 4.74 Å². The maximum atomic E-state index is 5.91. The first kappa shape index (κ1) is 14.5. The Bertz CT molecular complexity index is 385. The minimum absolute atomic E-state index is 0.459. The third kappa shape index (κ3) is 5.33. The van der Waals surface area contributed by atoms with Gasteiger partial charge in [-0.3, -0.25) is 0 Å². The van der Waals surface area contributed by atoms with Crippen molar-refractivity contribution in [1.82, 2.24) is 5.32 Å². The molecule has 0 spiro atoms. The highest BCUT2D eigenvalue weighted by Gasteiger charge is 2.22. The van der Waals surface area contributed by atoms with Crippen LogP contribution in [0.3, 0.4) is 0 Å². The highest BCUT2D eigenvalue weighted by Crippen LogP contribution is 2.29. The Kier molecular flexibility index (Phi) is 5.41. The molecule has 0 aromatic heterocycles. The van der Waals surface area contributed by atoms with Crippen LogP contribution in [0.4, 0.5) is 0 Å². The highest BCUT2D eigenvalue weighted by molar-refractivity contribution is 5.25. The summed E-state index contributed by atoms with van der Waals surface area (Å²) in [5.74, 6) is 1.30. The molecule has 0 saturated heterocycles. The van der Waals surface area contributed by atoms with E-state index in [1.165, 1.54) is 24.0 Å². The molecule has 1 N–H and O–H groups in total. The van der Waals surface area contributed by atoms with E-state index in [4.69, 9.17) is 4.74 Å². The molecule has 0 amide bonds. The van der Waals surface area contributed by atoms with E-state index in [0.29, 0.717) is 12.0 Å². The van der Waals surface area contributed by atoms with Crippen LogP contribution in [0, 0.1) is 12.8 Å². The van der Waals surface area contributed by atoms with Crippen molar-refractivity contribution in [3.63, 3.8) is 0 Å². The maximum absolute atomic E-state index is 5.91. The minimum atomic E-state index is 0.459. The number of ether oxygens (including phenoxy) is 1. The smallest absolute Gasteiger partial charge is 0.0547 e. The van der Waals surface area contributed by atoms with E-state index >= 15 is 0 Å². The van der Waals surface area contributed by atoms with Gasteiger partial charge in [0.15, 0.2) is 0 Å². The zero-order valence-electron chi connectivity index (χ0n) is 12.5. The van der Waals surface area contributed by atoms with Crippen molar-refractivity contribution < 1.29 is 4.74 Å². The van der Waals surface area contributed by atoms with E-state index < -0.39 is 0 Å². The fraction of sp³-hybridized carbons (Fsp3) is 0.647. The number of aryl methyl sites for hydroxylation is 1. The van der Waals surface area contributed by atoms with Crippen molar-refractivity contribution >= 4 is 0 Å². The summed E-state index contributed by atoms with van der Waals surface area (Å²) in [7, 11) is 0. The summed E-state index contributed by atoms with van der Waals surface area (Å²) >= 11 is 0. The molecule has 1 aliphatic carbocycles. The molecule has 1 aromatic carbocycles. The molecule has 1 atom stereocenters. The number of rotatable bonds is 8. The first-order valence-corrected chi connectivity index (χ1v) is 7.53. The molecule has 1 aliphatic rings. The van der Waals surface area contributed by atoms with Crippen LogP contribution in [0.2, 0.25) is 0 Å². The summed E-state index contributed by atoms with van der Waals surface area (Å²) in [6, 6.07) is 9.33. The van der Waals surface area contributed by atoms with E-state index in [1.807, 2.05) is 0 Å². The molecule has 0 radical (unpaired) electrons. The lowest BCUT2D eigenvalue weighted by atomic mass is 9.98. The van der Waals surface area contributed by atoms with Gasteiger partial charge in [0.25, 0.3) is 0 Å². The first-order valence-electron chi connectivity index (χ1n) is 7.53. The Morgan fingerprint density at radius 3 is 2.74 bits per heavy atom. The summed E-state index contributed by atoms with van der Waals surface area (Å²) in [5.41, 5.74) is 2.72. The Morgan fingerprint density at radius 1 is 1.32 bits per heavy atom. The second-order valence-electron chi connectivity index (χ2n) is 6.15. The van der Waals surface area contributed by atoms with Crippen LogP contribution in [0.25, 0.3) is 0 Å². The average molecular weight is 261 g/mol. The standard InChI is InChI=1S/C17H27NO/c1-13(2)18-10-17(12-19-11-15-7-8-15)16-6-4-5-14(3)9-16/h4-6,9,13,15,17-18H,7-8,10-12H2,1-3H3. The quantitative estimate of drug-likeness (QED) is 0.773. The fourth-order valence-corrected chi connectivity index (χ4v) is 2.24.